The summed E-state index contributed by atoms with van der Waals surface area (Å²) >= 11 is 0. The van der Waals surface area contributed by atoms with E-state index in [0.717, 1.165) is 5.56 Å². The van der Waals surface area contributed by atoms with Crippen molar-refractivity contribution < 1.29 is 29.3 Å². The number of allylic oxidation sites excluding steroid dienone is 2. The van der Waals surface area contributed by atoms with E-state index in [1.54, 1.807) is 12.2 Å². The quantitative estimate of drug-likeness (QED) is 0.592. The van der Waals surface area contributed by atoms with Crippen molar-refractivity contribution in [2.24, 2.45) is 0 Å². The van der Waals surface area contributed by atoms with Gasteiger partial charge in [0.2, 0.25) is 0 Å². The van der Waals surface area contributed by atoms with Gasteiger partial charge in [-0.25, -0.2) is 4.79 Å². The second kappa shape index (κ2) is 7.17. The molecule has 1 aliphatic rings. The van der Waals surface area contributed by atoms with Crippen molar-refractivity contribution in [3.8, 4) is 11.5 Å². The predicted octanol–water partition coefficient (Wildman–Crippen LogP) is 2.60. The van der Waals surface area contributed by atoms with Crippen molar-refractivity contribution in [3.05, 3.63) is 34.4 Å². The van der Waals surface area contributed by atoms with Crippen LogP contribution in [0.1, 0.15) is 46.8 Å². The maximum atomic E-state index is 11.9. The smallest absolute Gasteiger partial charge is 0.342 e. The monoisotopic (exact) mass is 320 g/mol. The van der Waals surface area contributed by atoms with E-state index in [4.69, 9.17) is 14.6 Å². The van der Waals surface area contributed by atoms with Crippen LogP contribution in [0.2, 0.25) is 0 Å². The summed E-state index contributed by atoms with van der Waals surface area (Å²) in [6.07, 6.45) is 4.97. The lowest BCUT2D eigenvalue weighted by Crippen LogP contribution is -2.04. The Hall–Kier alpha value is -2.50. The number of ether oxygens (including phenoxy) is 2. The first-order valence-corrected chi connectivity index (χ1v) is 7.48. The van der Waals surface area contributed by atoms with Crippen LogP contribution in [0.15, 0.2) is 12.2 Å². The second-order valence-electron chi connectivity index (χ2n) is 5.23. The lowest BCUT2D eigenvalue weighted by atomic mass is 9.93. The van der Waals surface area contributed by atoms with Gasteiger partial charge < -0.3 is 19.7 Å². The molecule has 23 heavy (non-hydrogen) atoms. The highest BCUT2D eigenvalue weighted by molar-refractivity contribution is 5.98. The average Bonchev–Trinajstić information content (AvgIpc) is 2.90. The van der Waals surface area contributed by atoms with Gasteiger partial charge >= 0.3 is 11.9 Å². The van der Waals surface area contributed by atoms with Crippen molar-refractivity contribution >= 4 is 11.9 Å². The van der Waals surface area contributed by atoms with Crippen LogP contribution in [-0.4, -0.2) is 29.3 Å². The summed E-state index contributed by atoms with van der Waals surface area (Å²) in [5, 5.41) is 19.1. The van der Waals surface area contributed by atoms with Gasteiger partial charge in [0, 0.05) is 23.1 Å². The maximum Gasteiger partial charge on any atom is 0.342 e. The molecule has 1 aliphatic heterocycles. The Kier molecular flexibility index (Phi) is 5.26. The molecule has 2 N–H and O–H groups in total. The van der Waals surface area contributed by atoms with Gasteiger partial charge in [-0.2, -0.15) is 0 Å². The Bertz CT molecular complexity index is 660. The third-order valence-corrected chi connectivity index (χ3v) is 3.86. The van der Waals surface area contributed by atoms with Crippen LogP contribution in [0.3, 0.4) is 0 Å². The summed E-state index contributed by atoms with van der Waals surface area (Å²) < 4.78 is 10.5. The molecule has 0 radical (unpaired) electrons. The minimum absolute atomic E-state index is 0.0519. The van der Waals surface area contributed by atoms with E-state index >= 15 is 0 Å². The van der Waals surface area contributed by atoms with Gasteiger partial charge in [0.25, 0.3) is 0 Å². The van der Waals surface area contributed by atoms with E-state index in [9.17, 15) is 14.7 Å². The van der Waals surface area contributed by atoms with Gasteiger partial charge in [0.1, 0.15) is 23.7 Å². The number of esters is 1. The van der Waals surface area contributed by atoms with E-state index in [1.807, 2.05) is 6.92 Å². The number of aliphatic carboxylic acids is 1. The number of phenols is 1. The van der Waals surface area contributed by atoms with Crippen molar-refractivity contribution in [2.45, 2.75) is 39.2 Å². The number of fused-ring (bicyclic) bond motifs is 1. The molecule has 6 heteroatoms. The zero-order valence-electron chi connectivity index (χ0n) is 13.2. The molecule has 0 spiro atoms. The van der Waals surface area contributed by atoms with Crippen molar-refractivity contribution in [3.63, 3.8) is 0 Å². The van der Waals surface area contributed by atoms with Crippen LogP contribution in [0, 0.1) is 0 Å². The first kappa shape index (κ1) is 16.9. The summed E-state index contributed by atoms with van der Waals surface area (Å²) in [4.78, 5) is 22.3. The van der Waals surface area contributed by atoms with Crippen molar-refractivity contribution in [1.82, 2.24) is 0 Å². The highest BCUT2D eigenvalue weighted by Crippen LogP contribution is 2.42. The van der Waals surface area contributed by atoms with Gasteiger partial charge in [-0.15, -0.1) is 0 Å². The van der Waals surface area contributed by atoms with Crippen LogP contribution >= 0.6 is 0 Å². The zero-order chi connectivity index (χ0) is 17.0. The van der Waals surface area contributed by atoms with E-state index in [1.165, 1.54) is 7.11 Å². The number of methoxy groups -OCH3 is 1. The van der Waals surface area contributed by atoms with Crippen molar-refractivity contribution in [2.75, 3.05) is 7.11 Å². The van der Waals surface area contributed by atoms with E-state index in [2.05, 4.69) is 0 Å². The summed E-state index contributed by atoms with van der Waals surface area (Å²) in [6, 6.07) is 0. The van der Waals surface area contributed by atoms with Gasteiger partial charge in [0.05, 0.1) is 7.11 Å². The number of carboxylic acid groups (broad SMARTS) is 1. The fourth-order valence-corrected chi connectivity index (χ4v) is 2.80. The molecule has 2 rings (SSSR count). The average molecular weight is 320 g/mol. The first-order valence-electron chi connectivity index (χ1n) is 7.48. The number of hydrogen-bond acceptors (Lipinski definition) is 5. The topological polar surface area (TPSA) is 93.1 Å². The predicted molar refractivity (Wildman–Crippen MR) is 82.9 cm³/mol. The summed E-state index contributed by atoms with van der Waals surface area (Å²) in [6.45, 7) is 2.10. The normalized spacial score (nSPS) is 13.2. The molecule has 1 aromatic carbocycles. The summed E-state index contributed by atoms with van der Waals surface area (Å²) in [5.74, 6) is -0.932. The first-order chi connectivity index (χ1) is 11.0. The number of aromatic hydroxyl groups is 1. The minimum atomic E-state index is -0.858. The number of benzene rings is 1. The fourth-order valence-electron chi connectivity index (χ4n) is 2.80. The highest BCUT2D eigenvalue weighted by atomic mass is 16.5. The largest absolute Gasteiger partial charge is 0.507 e. The molecule has 1 heterocycles. The Balaban J connectivity index is 2.36. The van der Waals surface area contributed by atoms with Crippen LogP contribution in [0.4, 0.5) is 0 Å². The molecule has 0 atom stereocenters. The van der Waals surface area contributed by atoms with Gasteiger partial charge in [-0.3, -0.25) is 4.79 Å². The summed E-state index contributed by atoms with van der Waals surface area (Å²) in [7, 11) is 1.52. The molecule has 0 aliphatic carbocycles. The lowest BCUT2D eigenvalue weighted by molar-refractivity contribution is -0.136. The molecule has 124 valence electrons. The lowest BCUT2D eigenvalue weighted by Gasteiger charge is -2.17. The molecule has 0 saturated carbocycles. The zero-order valence-corrected chi connectivity index (χ0v) is 13.2. The third kappa shape index (κ3) is 3.31. The standard InChI is InChI=1S/C17H20O6/c1-3-10-12-9-23-17(21)14(12)15(20)11(16(10)22-2)7-5-4-6-8-13(18)19/h4-5,20H,3,6-9H2,1-2H3,(H,18,19)/b5-4+. The number of rotatable bonds is 7. The highest BCUT2D eigenvalue weighted by Gasteiger charge is 2.32. The molecule has 0 fully saturated rings. The number of carbonyl (C=O) groups is 2. The number of carboxylic acids is 1. The number of carbonyl (C=O) groups excluding carboxylic acids is 1. The molecule has 0 aromatic heterocycles. The van der Waals surface area contributed by atoms with Gasteiger partial charge in [-0.1, -0.05) is 19.1 Å². The Morgan fingerprint density at radius 2 is 2.09 bits per heavy atom. The Morgan fingerprint density at radius 3 is 2.70 bits per heavy atom. The van der Waals surface area contributed by atoms with Crippen LogP contribution in [0.25, 0.3) is 0 Å². The van der Waals surface area contributed by atoms with E-state index in [-0.39, 0.29) is 24.3 Å². The number of phenolic OH excluding ortho intramolecular Hbond substituents is 1. The van der Waals surface area contributed by atoms with Crippen molar-refractivity contribution in [1.29, 1.82) is 0 Å². The molecular formula is C17H20O6. The van der Waals surface area contributed by atoms with Gasteiger partial charge in [0.15, 0.2) is 0 Å². The fraction of sp³-hybridized carbons (Fsp3) is 0.412. The molecule has 6 nitrogen and oxygen atoms in total. The Morgan fingerprint density at radius 1 is 1.35 bits per heavy atom. The number of hydrogen-bond donors (Lipinski definition) is 2. The molecule has 0 bridgehead atoms. The maximum absolute atomic E-state index is 11.9. The van der Waals surface area contributed by atoms with Crippen LogP contribution in [-0.2, 0) is 29.0 Å². The Labute approximate surface area is 134 Å². The second-order valence-corrected chi connectivity index (χ2v) is 5.23. The third-order valence-electron chi connectivity index (χ3n) is 3.86. The van der Waals surface area contributed by atoms with E-state index < -0.39 is 11.9 Å². The molecule has 0 amide bonds. The molecule has 0 unspecified atom stereocenters. The summed E-state index contributed by atoms with van der Waals surface area (Å²) in [5.41, 5.74) is 2.29. The number of cyclic esters (lactones) is 1. The van der Waals surface area contributed by atoms with Gasteiger partial charge in [-0.05, 0) is 19.3 Å². The molecule has 0 saturated heterocycles. The van der Waals surface area contributed by atoms with Crippen LogP contribution < -0.4 is 4.74 Å². The SMILES string of the molecule is CCc1c2c(c(O)c(C/C=C/CCC(=O)O)c1OC)C(=O)OC2. The van der Waals surface area contributed by atoms with E-state index in [0.29, 0.717) is 36.1 Å². The molecule has 1 aromatic rings. The van der Waals surface area contributed by atoms with Crippen LogP contribution in [0.5, 0.6) is 11.5 Å². The molecular weight excluding hydrogens is 300 g/mol. The minimum Gasteiger partial charge on any atom is -0.507 e.